The van der Waals surface area contributed by atoms with Crippen LogP contribution in [0.1, 0.15) is 32.1 Å². The summed E-state index contributed by atoms with van der Waals surface area (Å²) in [5.74, 6) is 2.60. The second-order valence-electron chi connectivity index (χ2n) is 6.57. The number of hydrogen-bond acceptors (Lipinski definition) is 5. The molecule has 1 aromatic heterocycles. The Morgan fingerprint density at radius 2 is 2.09 bits per heavy atom. The van der Waals surface area contributed by atoms with Gasteiger partial charge in [0.05, 0.1) is 6.54 Å². The van der Waals surface area contributed by atoms with Crippen LogP contribution in [0.3, 0.4) is 0 Å². The van der Waals surface area contributed by atoms with Crippen molar-refractivity contribution in [3.05, 3.63) is 28.7 Å². The molecule has 0 aliphatic carbocycles. The SMILES string of the molecule is O=c1cccnn1CCN1CCCCC1CNC1CCSCC1. The molecule has 128 valence electrons. The minimum absolute atomic E-state index is 0.00103. The lowest BCUT2D eigenvalue weighted by atomic mass is 10.0. The summed E-state index contributed by atoms with van der Waals surface area (Å²) < 4.78 is 1.58. The average Bonchev–Trinajstić information content (AvgIpc) is 2.61. The van der Waals surface area contributed by atoms with E-state index in [1.54, 1.807) is 23.0 Å². The second kappa shape index (κ2) is 8.85. The molecule has 0 bridgehead atoms. The van der Waals surface area contributed by atoms with Gasteiger partial charge in [-0.3, -0.25) is 9.69 Å². The van der Waals surface area contributed by atoms with Gasteiger partial charge in [0.2, 0.25) is 0 Å². The van der Waals surface area contributed by atoms with Gasteiger partial charge in [-0.15, -0.1) is 0 Å². The summed E-state index contributed by atoms with van der Waals surface area (Å²) in [5, 5.41) is 7.96. The van der Waals surface area contributed by atoms with E-state index in [2.05, 4.69) is 27.1 Å². The van der Waals surface area contributed by atoms with Crippen LogP contribution in [0.5, 0.6) is 0 Å². The van der Waals surface area contributed by atoms with Crippen LogP contribution in [0.15, 0.2) is 23.1 Å². The second-order valence-corrected chi connectivity index (χ2v) is 7.79. The van der Waals surface area contributed by atoms with Crippen LogP contribution < -0.4 is 10.9 Å². The van der Waals surface area contributed by atoms with Gasteiger partial charge < -0.3 is 5.32 Å². The van der Waals surface area contributed by atoms with Crippen molar-refractivity contribution in [3.63, 3.8) is 0 Å². The molecule has 23 heavy (non-hydrogen) atoms. The van der Waals surface area contributed by atoms with Crippen molar-refractivity contribution in [2.45, 2.75) is 50.7 Å². The zero-order valence-corrected chi connectivity index (χ0v) is 14.6. The van der Waals surface area contributed by atoms with Crippen molar-refractivity contribution in [1.29, 1.82) is 0 Å². The molecule has 1 aromatic rings. The first-order valence-electron chi connectivity index (χ1n) is 8.90. The van der Waals surface area contributed by atoms with Gasteiger partial charge in [0, 0.05) is 37.4 Å². The molecule has 2 fully saturated rings. The Bertz CT molecular complexity index is 529. The van der Waals surface area contributed by atoms with E-state index in [0.29, 0.717) is 18.6 Å². The first-order chi connectivity index (χ1) is 11.3. The van der Waals surface area contributed by atoms with Gasteiger partial charge >= 0.3 is 0 Å². The Labute approximate surface area is 142 Å². The standard InChI is InChI=1S/C17H28N4OS/c22-17-5-3-8-19-21(17)11-10-20-9-2-1-4-16(20)14-18-15-6-12-23-13-7-15/h3,5,8,15-16,18H,1-2,4,6-7,9-14H2. The highest BCUT2D eigenvalue weighted by atomic mass is 32.2. The van der Waals surface area contributed by atoms with Crippen molar-refractivity contribution in [2.75, 3.05) is 31.1 Å². The smallest absolute Gasteiger partial charge is 0.266 e. The van der Waals surface area contributed by atoms with E-state index in [4.69, 9.17) is 0 Å². The molecule has 3 heterocycles. The molecule has 2 aliphatic heterocycles. The summed E-state index contributed by atoms with van der Waals surface area (Å²) in [6, 6.07) is 4.61. The minimum Gasteiger partial charge on any atom is -0.312 e. The van der Waals surface area contributed by atoms with Crippen LogP contribution in [0.4, 0.5) is 0 Å². The number of thioether (sulfide) groups is 1. The highest BCUT2D eigenvalue weighted by Gasteiger charge is 2.23. The largest absolute Gasteiger partial charge is 0.312 e. The Morgan fingerprint density at radius 3 is 2.91 bits per heavy atom. The molecule has 0 spiro atoms. The predicted molar refractivity (Wildman–Crippen MR) is 96.1 cm³/mol. The molecule has 2 aliphatic rings. The van der Waals surface area contributed by atoms with Crippen LogP contribution in [0.25, 0.3) is 0 Å². The normalized spacial score (nSPS) is 23.9. The Hall–Kier alpha value is -0.850. The molecule has 1 atom stereocenters. The monoisotopic (exact) mass is 336 g/mol. The van der Waals surface area contributed by atoms with Crippen molar-refractivity contribution in [3.8, 4) is 0 Å². The summed E-state index contributed by atoms with van der Waals surface area (Å²) in [6.07, 6.45) is 8.17. The highest BCUT2D eigenvalue weighted by molar-refractivity contribution is 7.99. The van der Waals surface area contributed by atoms with E-state index in [-0.39, 0.29) is 5.56 Å². The van der Waals surface area contributed by atoms with Crippen LogP contribution in [-0.2, 0) is 6.54 Å². The summed E-state index contributed by atoms with van der Waals surface area (Å²) in [4.78, 5) is 14.3. The van der Waals surface area contributed by atoms with Crippen LogP contribution in [-0.4, -0.2) is 57.9 Å². The number of nitrogens with zero attached hydrogens (tertiary/aromatic N) is 3. The third-order valence-corrected chi connectivity index (χ3v) is 6.05. The summed E-state index contributed by atoms with van der Waals surface area (Å²) in [5.41, 5.74) is -0.00103. The van der Waals surface area contributed by atoms with E-state index in [9.17, 15) is 4.79 Å². The molecule has 2 saturated heterocycles. The lowest BCUT2D eigenvalue weighted by Gasteiger charge is -2.37. The number of rotatable bonds is 6. The number of nitrogens with one attached hydrogen (secondary N) is 1. The molecule has 1 N–H and O–H groups in total. The predicted octanol–water partition coefficient (Wildman–Crippen LogP) is 1.58. The summed E-state index contributed by atoms with van der Waals surface area (Å²) >= 11 is 2.08. The molecule has 3 rings (SSSR count). The molecular weight excluding hydrogens is 308 g/mol. The average molecular weight is 337 g/mol. The molecule has 0 radical (unpaired) electrons. The van der Waals surface area contributed by atoms with Crippen molar-refractivity contribution in [2.24, 2.45) is 0 Å². The maximum atomic E-state index is 11.8. The Kier molecular flexibility index (Phi) is 6.54. The van der Waals surface area contributed by atoms with Crippen molar-refractivity contribution < 1.29 is 0 Å². The minimum atomic E-state index is -0.00103. The summed E-state index contributed by atoms with van der Waals surface area (Å²) in [6.45, 7) is 3.85. The third-order valence-electron chi connectivity index (χ3n) is 5.00. The quantitative estimate of drug-likeness (QED) is 0.855. The number of hydrogen-bond donors (Lipinski definition) is 1. The fourth-order valence-electron chi connectivity index (χ4n) is 3.57. The van der Waals surface area contributed by atoms with Crippen molar-refractivity contribution in [1.82, 2.24) is 20.0 Å². The number of likely N-dealkylation sites (tertiary alicyclic amines) is 1. The van der Waals surface area contributed by atoms with E-state index >= 15 is 0 Å². The van der Waals surface area contributed by atoms with E-state index < -0.39 is 0 Å². The van der Waals surface area contributed by atoms with E-state index in [0.717, 1.165) is 19.6 Å². The van der Waals surface area contributed by atoms with Gasteiger partial charge in [-0.25, -0.2) is 4.68 Å². The first kappa shape index (κ1) is 17.0. The van der Waals surface area contributed by atoms with E-state index in [1.165, 1.54) is 43.6 Å². The molecule has 6 heteroatoms. The zero-order valence-electron chi connectivity index (χ0n) is 13.8. The fourth-order valence-corrected chi connectivity index (χ4v) is 4.67. The zero-order chi connectivity index (χ0) is 15.9. The molecular formula is C17H28N4OS. The van der Waals surface area contributed by atoms with Crippen LogP contribution in [0.2, 0.25) is 0 Å². The fraction of sp³-hybridized carbons (Fsp3) is 0.765. The number of aromatic nitrogens is 2. The van der Waals surface area contributed by atoms with Gasteiger partial charge in [-0.1, -0.05) is 6.42 Å². The van der Waals surface area contributed by atoms with Gasteiger partial charge in [0.1, 0.15) is 0 Å². The Balaban J connectivity index is 1.49. The van der Waals surface area contributed by atoms with Gasteiger partial charge in [0.15, 0.2) is 0 Å². The maximum Gasteiger partial charge on any atom is 0.266 e. The molecule has 0 saturated carbocycles. The highest BCUT2D eigenvalue weighted by Crippen LogP contribution is 2.19. The molecule has 1 unspecified atom stereocenters. The first-order valence-corrected chi connectivity index (χ1v) is 10.1. The molecule has 0 amide bonds. The third kappa shape index (κ3) is 5.06. The molecule has 5 nitrogen and oxygen atoms in total. The van der Waals surface area contributed by atoms with Gasteiger partial charge in [-0.05, 0) is 49.8 Å². The van der Waals surface area contributed by atoms with E-state index in [1.807, 2.05) is 0 Å². The van der Waals surface area contributed by atoms with Crippen LogP contribution >= 0.6 is 11.8 Å². The van der Waals surface area contributed by atoms with Crippen LogP contribution in [0, 0.1) is 0 Å². The van der Waals surface area contributed by atoms with Crippen molar-refractivity contribution >= 4 is 11.8 Å². The lowest BCUT2D eigenvalue weighted by molar-refractivity contribution is 0.134. The van der Waals surface area contributed by atoms with Gasteiger partial charge in [-0.2, -0.15) is 16.9 Å². The molecule has 0 aromatic carbocycles. The van der Waals surface area contributed by atoms with Gasteiger partial charge in [0.25, 0.3) is 5.56 Å². The topological polar surface area (TPSA) is 50.2 Å². The Morgan fingerprint density at radius 1 is 1.22 bits per heavy atom. The maximum absolute atomic E-state index is 11.8. The number of piperidine rings is 1. The summed E-state index contributed by atoms with van der Waals surface area (Å²) in [7, 11) is 0. The lowest BCUT2D eigenvalue weighted by Crippen LogP contribution is -2.49.